The van der Waals surface area contributed by atoms with Crippen molar-refractivity contribution in [2.75, 3.05) is 6.54 Å². The number of carbonyl (C=O) groups excluding carboxylic acids is 1. The number of carbonyl (C=O) groups is 1. The normalized spacial score (nSPS) is 15.4. The van der Waals surface area contributed by atoms with Crippen LogP contribution in [-0.4, -0.2) is 12.5 Å². The second-order valence-corrected chi connectivity index (χ2v) is 6.54. The van der Waals surface area contributed by atoms with Gasteiger partial charge in [-0.3, -0.25) is 4.79 Å². The third-order valence-electron chi connectivity index (χ3n) is 4.19. The number of rotatable bonds is 5. The number of hydrogen-bond donors (Lipinski definition) is 1. The van der Waals surface area contributed by atoms with Crippen LogP contribution in [0.3, 0.4) is 0 Å². The number of nitrogens with one attached hydrogen (secondary N) is 1. The molecule has 3 rings (SSSR count). The van der Waals surface area contributed by atoms with Crippen molar-refractivity contribution < 1.29 is 4.79 Å². The molecule has 1 saturated carbocycles. The van der Waals surface area contributed by atoms with Crippen LogP contribution in [0.2, 0.25) is 10.0 Å². The fourth-order valence-electron chi connectivity index (χ4n) is 2.73. The minimum Gasteiger partial charge on any atom is -0.355 e. The lowest BCUT2D eigenvalue weighted by Crippen LogP contribution is -2.36. The molecular formula is C18H17Cl2NO. The van der Waals surface area contributed by atoms with E-state index in [1.165, 1.54) is 0 Å². The molecule has 2 aromatic carbocycles. The Morgan fingerprint density at radius 2 is 1.73 bits per heavy atom. The maximum atomic E-state index is 12.5. The van der Waals surface area contributed by atoms with Crippen LogP contribution in [0.4, 0.5) is 0 Å². The quantitative estimate of drug-likeness (QED) is 0.864. The van der Waals surface area contributed by atoms with Crippen molar-refractivity contribution in [2.24, 2.45) is 0 Å². The second kappa shape index (κ2) is 6.31. The van der Waals surface area contributed by atoms with E-state index in [4.69, 9.17) is 23.2 Å². The zero-order valence-corrected chi connectivity index (χ0v) is 13.6. The molecule has 0 saturated heterocycles. The summed E-state index contributed by atoms with van der Waals surface area (Å²) in [6.07, 6.45) is 2.52. The van der Waals surface area contributed by atoms with Gasteiger partial charge in [-0.15, -0.1) is 0 Å². The molecule has 0 unspecified atom stereocenters. The lowest BCUT2D eigenvalue weighted by molar-refractivity contribution is -0.123. The Kier molecular flexibility index (Phi) is 4.42. The highest BCUT2D eigenvalue weighted by Gasteiger charge is 2.52. The monoisotopic (exact) mass is 333 g/mol. The average Bonchev–Trinajstić information content (AvgIpc) is 3.31. The molecule has 114 valence electrons. The van der Waals surface area contributed by atoms with Crippen LogP contribution in [0, 0.1) is 0 Å². The topological polar surface area (TPSA) is 29.1 Å². The average molecular weight is 334 g/mol. The van der Waals surface area contributed by atoms with Crippen LogP contribution < -0.4 is 5.32 Å². The largest absolute Gasteiger partial charge is 0.355 e. The highest BCUT2D eigenvalue weighted by atomic mass is 35.5. The van der Waals surface area contributed by atoms with Gasteiger partial charge >= 0.3 is 0 Å². The fraction of sp³-hybridized carbons (Fsp3) is 0.278. The third kappa shape index (κ3) is 3.13. The van der Waals surface area contributed by atoms with E-state index in [-0.39, 0.29) is 5.91 Å². The third-order valence-corrected chi connectivity index (χ3v) is 4.77. The smallest absolute Gasteiger partial charge is 0.230 e. The van der Waals surface area contributed by atoms with Gasteiger partial charge in [-0.05, 0) is 48.6 Å². The van der Waals surface area contributed by atoms with Crippen LogP contribution in [0.1, 0.15) is 24.0 Å². The number of halogens is 2. The Hall–Kier alpha value is -1.51. The first kappa shape index (κ1) is 15.4. The molecular weight excluding hydrogens is 317 g/mol. The predicted octanol–water partition coefficient (Wildman–Crippen LogP) is 4.38. The SMILES string of the molecule is O=C(NCCc1ccc(Cl)cc1)C1(c2ccccc2Cl)CC1. The van der Waals surface area contributed by atoms with Crippen LogP contribution in [0.15, 0.2) is 48.5 Å². The molecule has 0 radical (unpaired) electrons. The summed E-state index contributed by atoms with van der Waals surface area (Å²) in [4.78, 5) is 12.5. The van der Waals surface area contributed by atoms with Crippen LogP contribution >= 0.6 is 23.2 Å². The Bertz CT molecular complexity index is 678. The predicted molar refractivity (Wildman–Crippen MR) is 90.5 cm³/mol. The molecule has 0 spiro atoms. The molecule has 1 N–H and O–H groups in total. The summed E-state index contributed by atoms with van der Waals surface area (Å²) >= 11 is 12.1. The van der Waals surface area contributed by atoms with Gasteiger partial charge in [0, 0.05) is 16.6 Å². The first-order chi connectivity index (χ1) is 10.6. The molecule has 1 amide bonds. The lowest BCUT2D eigenvalue weighted by atomic mass is 9.95. The summed E-state index contributed by atoms with van der Waals surface area (Å²) in [6.45, 7) is 0.618. The van der Waals surface area contributed by atoms with Gasteiger partial charge in [-0.25, -0.2) is 0 Å². The molecule has 4 heteroatoms. The van der Waals surface area contributed by atoms with Crippen molar-refractivity contribution in [1.82, 2.24) is 5.32 Å². The van der Waals surface area contributed by atoms with Crippen LogP contribution in [-0.2, 0) is 16.6 Å². The van der Waals surface area contributed by atoms with E-state index in [0.717, 1.165) is 35.4 Å². The second-order valence-electron chi connectivity index (χ2n) is 5.69. The first-order valence-electron chi connectivity index (χ1n) is 7.40. The molecule has 1 aliphatic rings. The zero-order chi connectivity index (χ0) is 15.6. The van der Waals surface area contributed by atoms with Crippen molar-refractivity contribution in [3.8, 4) is 0 Å². The van der Waals surface area contributed by atoms with Gasteiger partial charge in [0.1, 0.15) is 0 Å². The molecule has 1 aliphatic carbocycles. The van der Waals surface area contributed by atoms with E-state index in [1.807, 2.05) is 48.5 Å². The number of hydrogen-bond acceptors (Lipinski definition) is 1. The van der Waals surface area contributed by atoms with Gasteiger partial charge < -0.3 is 5.32 Å². The summed E-state index contributed by atoms with van der Waals surface area (Å²) < 4.78 is 0. The number of amides is 1. The highest BCUT2D eigenvalue weighted by molar-refractivity contribution is 6.32. The molecule has 2 aromatic rings. The molecule has 2 nitrogen and oxygen atoms in total. The fourth-order valence-corrected chi connectivity index (χ4v) is 3.18. The van der Waals surface area contributed by atoms with Crippen molar-refractivity contribution in [1.29, 1.82) is 0 Å². The molecule has 0 heterocycles. The van der Waals surface area contributed by atoms with E-state index < -0.39 is 5.41 Å². The summed E-state index contributed by atoms with van der Waals surface area (Å²) in [6, 6.07) is 15.3. The van der Waals surface area contributed by atoms with E-state index >= 15 is 0 Å². The Balaban J connectivity index is 1.60. The van der Waals surface area contributed by atoms with Gasteiger partial charge in [0.2, 0.25) is 5.91 Å². The minimum absolute atomic E-state index is 0.0783. The summed E-state index contributed by atoms with van der Waals surface area (Å²) in [7, 11) is 0. The highest BCUT2D eigenvalue weighted by Crippen LogP contribution is 2.50. The van der Waals surface area contributed by atoms with Crippen molar-refractivity contribution >= 4 is 29.1 Å². The van der Waals surface area contributed by atoms with Crippen molar-refractivity contribution in [2.45, 2.75) is 24.7 Å². The lowest BCUT2D eigenvalue weighted by Gasteiger charge is -2.17. The van der Waals surface area contributed by atoms with E-state index in [9.17, 15) is 4.79 Å². The Labute approximate surface area is 140 Å². The molecule has 0 bridgehead atoms. The van der Waals surface area contributed by atoms with Gasteiger partial charge in [-0.2, -0.15) is 0 Å². The van der Waals surface area contributed by atoms with Gasteiger partial charge in [0.15, 0.2) is 0 Å². The van der Waals surface area contributed by atoms with Gasteiger partial charge in [0.25, 0.3) is 0 Å². The standard InChI is InChI=1S/C18H17Cl2NO/c19-14-7-5-13(6-8-14)9-12-21-17(22)18(10-11-18)15-3-1-2-4-16(15)20/h1-8H,9-12H2,(H,21,22). The molecule has 22 heavy (non-hydrogen) atoms. The van der Waals surface area contributed by atoms with Crippen molar-refractivity contribution in [3.05, 3.63) is 69.7 Å². The summed E-state index contributed by atoms with van der Waals surface area (Å²) in [5, 5.41) is 4.44. The van der Waals surface area contributed by atoms with Gasteiger partial charge in [-0.1, -0.05) is 53.5 Å². The van der Waals surface area contributed by atoms with Crippen LogP contribution in [0.25, 0.3) is 0 Å². The molecule has 0 atom stereocenters. The molecule has 1 fully saturated rings. The Morgan fingerprint density at radius 3 is 2.36 bits per heavy atom. The molecule has 0 aromatic heterocycles. The molecule has 0 aliphatic heterocycles. The van der Waals surface area contributed by atoms with E-state index in [1.54, 1.807) is 0 Å². The minimum atomic E-state index is -0.418. The van der Waals surface area contributed by atoms with Crippen molar-refractivity contribution in [3.63, 3.8) is 0 Å². The summed E-state index contributed by atoms with van der Waals surface area (Å²) in [5.41, 5.74) is 1.69. The maximum absolute atomic E-state index is 12.5. The Morgan fingerprint density at radius 1 is 1.05 bits per heavy atom. The van der Waals surface area contributed by atoms with Gasteiger partial charge in [0.05, 0.1) is 5.41 Å². The van der Waals surface area contributed by atoms with E-state index in [0.29, 0.717) is 11.6 Å². The van der Waals surface area contributed by atoms with E-state index in [2.05, 4.69) is 5.32 Å². The number of benzene rings is 2. The maximum Gasteiger partial charge on any atom is 0.230 e. The zero-order valence-electron chi connectivity index (χ0n) is 12.1. The van der Waals surface area contributed by atoms with Crippen LogP contribution in [0.5, 0.6) is 0 Å². The first-order valence-corrected chi connectivity index (χ1v) is 8.15. The summed E-state index contributed by atoms with van der Waals surface area (Å²) in [5.74, 6) is 0.0783.